The second-order valence-corrected chi connectivity index (χ2v) is 5.75. The van der Waals surface area contributed by atoms with Gasteiger partial charge in [-0.1, -0.05) is 42.1 Å². The Kier molecular flexibility index (Phi) is 3.49. The van der Waals surface area contributed by atoms with Crippen LogP contribution in [0.2, 0.25) is 0 Å². The lowest BCUT2D eigenvalue weighted by Crippen LogP contribution is -2.15. The summed E-state index contributed by atoms with van der Waals surface area (Å²) in [6.07, 6.45) is 2.55. The Labute approximate surface area is 122 Å². The van der Waals surface area contributed by atoms with E-state index in [1.54, 1.807) is 0 Å². The molecule has 0 saturated heterocycles. The molecule has 1 unspecified atom stereocenters. The molecule has 0 saturated carbocycles. The Morgan fingerprint density at radius 2 is 1.90 bits per heavy atom. The van der Waals surface area contributed by atoms with E-state index >= 15 is 0 Å². The molecule has 0 aliphatic carbocycles. The van der Waals surface area contributed by atoms with Crippen molar-refractivity contribution in [1.82, 2.24) is 4.57 Å². The van der Waals surface area contributed by atoms with Crippen LogP contribution < -0.4 is 0 Å². The third kappa shape index (κ3) is 2.20. The van der Waals surface area contributed by atoms with Gasteiger partial charge < -0.3 is 4.57 Å². The van der Waals surface area contributed by atoms with Crippen molar-refractivity contribution in [3.05, 3.63) is 59.4 Å². The second-order valence-electron chi connectivity index (χ2n) is 4.94. The standard InChI is InChI=1S/C16H15NO2S/c1-20-16(19)12-9-13-7-8-14(17(13)10-12)15(18)11-5-3-2-4-6-11/h2-8,12H,9-10H2,1H3. The van der Waals surface area contributed by atoms with Gasteiger partial charge in [0.05, 0.1) is 11.6 Å². The molecule has 1 aromatic carbocycles. The minimum Gasteiger partial charge on any atom is -0.341 e. The van der Waals surface area contributed by atoms with Crippen LogP contribution in [0.5, 0.6) is 0 Å². The van der Waals surface area contributed by atoms with Crippen molar-refractivity contribution in [2.24, 2.45) is 5.92 Å². The lowest BCUT2D eigenvalue weighted by Gasteiger charge is -2.08. The monoisotopic (exact) mass is 285 g/mol. The number of benzene rings is 1. The van der Waals surface area contributed by atoms with E-state index in [0.717, 1.165) is 12.1 Å². The van der Waals surface area contributed by atoms with Gasteiger partial charge in [-0.3, -0.25) is 9.59 Å². The summed E-state index contributed by atoms with van der Waals surface area (Å²) < 4.78 is 1.99. The van der Waals surface area contributed by atoms with E-state index in [-0.39, 0.29) is 16.8 Å². The summed E-state index contributed by atoms with van der Waals surface area (Å²) in [5.41, 5.74) is 2.45. The lowest BCUT2D eigenvalue weighted by molar-refractivity contribution is -0.114. The molecule has 2 aromatic rings. The van der Waals surface area contributed by atoms with E-state index in [1.165, 1.54) is 11.8 Å². The summed E-state index contributed by atoms with van der Waals surface area (Å²) in [5, 5.41) is 0.201. The number of ketones is 1. The van der Waals surface area contributed by atoms with Crippen molar-refractivity contribution in [3.63, 3.8) is 0 Å². The SMILES string of the molecule is CSC(=O)C1Cc2ccc(C(=O)c3ccccc3)n2C1. The highest BCUT2D eigenvalue weighted by atomic mass is 32.2. The zero-order valence-corrected chi connectivity index (χ0v) is 12.0. The number of fused-ring (bicyclic) bond motifs is 1. The van der Waals surface area contributed by atoms with Crippen LogP contribution in [0.4, 0.5) is 0 Å². The largest absolute Gasteiger partial charge is 0.341 e. The Balaban J connectivity index is 1.89. The quantitative estimate of drug-likeness (QED) is 0.814. The van der Waals surface area contributed by atoms with Crippen molar-refractivity contribution in [1.29, 1.82) is 0 Å². The summed E-state index contributed by atoms with van der Waals surface area (Å²) in [4.78, 5) is 24.3. The van der Waals surface area contributed by atoms with Crippen molar-refractivity contribution in [2.45, 2.75) is 13.0 Å². The maximum atomic E-state index is 12.5. The predicted octanol–water partition coefficient (Wildman–Crippen LogP) is 2.78. The van der Waals surface area contributed by atoms with Gasteiger partial charge in [-0.2, -0.15) is 0 Å². The second kappa shape index (κ2) is 5.29. The highest BCUT2D eigenvalue weighted by molar-refractivity contribution is 8.13. The Bertz CT molecular complexity index is 660. The van der Waals surface area contributed by atoms with Crippen LogP contribution in [-0.2, 0) is 17.8 Å². The first-order valence-electron chi connectivity index (χ1n) is 6.56. The van der Waals surface area contributed by atoms with Gasteiger partial charge in [-0.25, -0.2) is 0 Å². The number of thioether (sulfide) groups is 1. The molecule has 1 aliphatic heterocycles. The van der Waals surface area contributed by atoms with Gasteiger partial charge in [0.25, 0.3) is 0 Å². The number of aromatic nitrogens is 1. The molecule has 4 heteroatoms. The summed E-state index contributed by atoms with van der Waals surface area (Å²) >= 11 is 1.27. The molecule has 3 rings (SSSR count). The fraction of sp³-hybridized carbons (Fsp3) is 0.250. The Morgan fingerprint density at radius 3 is 2.60 bits per heavy atom. The first-order chi connectivity index (χ1) is 9.70. The number of hydrogen-bond donors (Lipinski definition) is 0. The molecule has 0 amide bonds. The highest BCUT2D eigenvalue weighted by Gasteiger charge is 2.30. The van der Waals surface area contributed by atoms with E-state index in [9.17, 15) is 9.59 Å². The van der Waals surface area contributed by atoms with Gasteiger partial charge in [-0.05, 0) is 24.8 Å². The first-order valence-corrected chi connectivity index (χ1v) is 7.79. The lowest BCUT2D eigenvalue weighted by atomic mass is 10.1. The molecule has 0 N–H and O–H groups in total. The van der Waals surface area contributed by atoms with Crippen LogP contribution in [0, 0.1) is 5.92 Å². The highest BCUT2D eigenvalue weighted by Crippen LogP contribution is 2.28. The van der Waals surface area contributed by atoms with Crippen LogP contribution in [0.3, 0.4) is 0 Å². The van der Waals surface area contributed by atoms with Gasteiger partial charge in [0.15, 0.2) is 5.12 Å². The van der Waals surface area contributed by atoms with Crippen molar-refractivity contribution in [2.75, 3.05) is 6.26 Å². The summed E-state index contributed by atoms with van der Waals surface area (Å²) in [5.74, 6) is 0.0256. The van der Waals surface area contributed by atoms with E-state index in [1.807, 2.05) is 53.3 Å². The predicted molar refractivity (Wildman–Crippen MR) is 80.0 cm³/mol. The fourth-order valence-electron chi connectivity index (χ4n) is 2.70. The molecule has 1 atom stereocenters. The van der Waals surface area contributed by atoms with Gasteiger partial charge >= 0.3 is 0 Å². The number of carbonyl (C=O) groups excluding carboxylic acids is 2. The van der Waals surface area contributed by atoms with E-state index in [2.05, 4.69) is 0 Å². The third-order valence-electron chi connectivity index (χ3n) is 3.73. The molecule has 0 fully saturated rings. The van der Waals surface area contributed by atoms with Crippen LogP contribution in [-0.4, -0.2) is 21.7 Å². The zero-order chi connectivity index (χ0) is 14.1. The minimum atomic E-state index is 0.00326. The van der Waals surface area contributed by atoms with Crippen molar-refractivity contribution < 1.29 is 9.59 Å². The fourth-order valence-corrected chi connectivity index (χ4v) is 3.19. The van der Waals surface area contributed by atoms with E-state index < -0.39 is 0 Å². The molecule has 1 aliphatic rings. The van der Waals surface area contributed by atoms with Crippen LogP contribution in [0.1, 0.15) is 21.7 Å². The molecular weight excluding hydrogens is 270 g/mol. The normalized spacial score (nSPS) is 16.9. The van der Waals surface area contributed by atoms with Gasteiger partial charge in [0, 0.05) is 17.8 Å². The molecule has 102 valence electrons. The molecule has 0 spiro atoms. The topological polar surface area (TPSA) is 39.1 Å². The average molecular weight is 285 g/mol. The van der Waals surface area contributed by atoms with Crippen molar-refractivity contribution >= 4 is 22.7 Å². The van der Waals surface area contributed by atoms with E-state index in [0.29, 0.717) is 17.8 Å². The Hall–Kier alpha value is -1.81. The average Bonchev–Trinajstić information content (AvgIpc) is 3.06. The number of carbonyl (C=O) groups is 2. The maximum absolute atomic E-state index is 12.5. The summed E-state index contributed by atoms with van der Waals surface area (Å²) in [6.45, 7) is 0.621. The molecule has 0 radical (unpaired) electrons. The third-order valence-corrected chi connectivity index (χ3v) is 4.47. The molecular formula is C16H15NO2S. The Morgan fingerprint density at radius 1 is 1.15 bits per heavy atom. The van der Waals surface area contributed by atoms with Crippen LogP contribution >= 0.6 is 11.8 Å². The van der Waals surface area contributed by atoms with Gasteiger partial charge in [0.2, 0.25) is 5.78 Å². The number of hydrogen-bond acceptors (Lipinski definition) is 3. The summed E-state index contributed by atoms with van der Waals surface area (Å²) in [7, 11) is 0. The molecule has 2 heterocycles. The van der Waals surface area contributed by atoms with Gasteiger partial charge in [-0.15, -0.1) is 0 Å². The zero-order valence-electron chi connectivity index (χ0n) is 11.2. The van der Waals surface area contributed by atoms with Crippen LogP contribution in [0.25, 0.3) is 0 Å². The van der Waals surface area contributed by atoms with Crippen LogP contribution in [0.15, 0.2) is 42.5 Å². The number of nitrogens with zero attached hydrogens (tertiary/aromatic N) is 1. The molecule has 3 nitrogen and oxygen atoms in total. The summed E-state index contributed by atoms with van der Waals surface area (Å²) in [6, 6.07) is 13.1. The smallest absolute Gasteiger partial charge is 0.209 e. The van der Waals surface area contributed by atoms with E-state index in [4.69, 9.17) is 0 Å². The minimum absolute atomic E-state index is 0.00326. The maximum Gasteiger partial charge on any atom is 0.209 e. The molecule has 1 aromatic heterocycles. The molecule has 20 heavy (non-hydrogen) atoms. The first kappa shape index (κ1) is 13.2. The van der Waals surface area contributed by atoms with Crippen molar-refractivity contribution in [3.8, 4) is 0 Å². The number of rotatable bonds is 3. The van der Waals surface area contributed by atoms with Gasteiger partial charge in [0.1, 0.15) is 0 Å². The molecule has 0 bridgehead atoms.